The molecule has 0 radical (unpaired) electrons. The molecule has 1 aliphatic heterocycles. The molecule has 230 valence electrons. The van der Waals surface area contributed by atoms with Crippen molar-refractivity contribution in [3.63, 3.8) is 0 Å². The average molecular weight is 569 g/mol. The van der Waals surface area contributed by atoms with E-state index in [2.05, 4.69) is 19.1 Å². The van der Waals surface area contributed by atoms with Gasteiger partial charge in [-0.25, -0.2) is 0 Å². The summed E-state index contributed by atoms with van der Waals surface area (Å²) in [6.45, 7) is 4.25. The van der Waals surface area contributed by atoms with Crippen molar-refractivity contribution in [3.8, 4) is 0 Å². The maximum atomic E-state index is 10.1. The Morgan fingerprint density at radius 1 is 0.585 bits per heavy atom. The number of aliphatic hydroxyl groups excluding tert-OH is 1. The van der Waals surface area contributed by atoms with Gasteiger partial charge in [0.2, 0.25) is 0 Å². The van der Waals surface area contributed by atoms with Gasteiger partial charge in [-0.05, 0) is 17.5 Å². The van der Waals surface area contributed by atoms with E-state index in [-0.39, 0.29) is 24.9 Å². The maximum Gasteiger partial charge on any atom is 0.115 e. The van der Waals surface area contributed by atoms with E-state index in [4.69, 9.17) is 18.9 Å². The number of ether oxygens (including phenoxy) is 4. The van der Waals surface area contributed by atoms with Crippen LogP contribution in [0.4, 0.5) is 0 Å². The van der Waals surface area contributed by atoms with E-state index in [0.29, 0.717) is 19.8 Å². The third kappa shape index (κ3) is 13.8. The molecule has 1 N–H and O–H groups in total. The predicted molar refractivity (Wildman–Crippen MR) is 167 cm³/mol. The standard InChI is InChI=1S/C36H56O5/c1-2-3-4-5-6-7-8-9-10-11-12-13-14-21-26-38-30-34-36(40-29-32-24-19-16-20-25-32)35(33(27-37)41-34)39-28-31-22-17-15-18-23-31/h15-20,22-25,33-37H,2-14,21,26-30H2,1H3/t33-,34-,35-,36-/m1/s1. The molecular formula is C36H56O5. The van der Waals surface area contributed by atoms with Gasteiger partial charge in [0.15, 0.2) is 0 Å². The molecule has 41 heavy (non-hydrogen) atoms. The molecule has 4 atom stereocenters. The van der Waals surface area contributed by atoms with E-state index in [0.717, 1.165) is 24.2 Å². The number of hydrogen-bond acceptors (Lipinski definition) is 5. The smallest absolute Gasteiger partial charge is 0.115 e. The first kappa shape index (κ1) is 33.7. The van der Waals surface area contributed by atoms with E-state index in [9.17, 15) is 5.11 Å². The average Bonchev–Trinajstić information content (AvgIpc) is 3.35. The van der Waals surface area contributed by atoms with Crippen molar-refractivity contribution in [2.45, 2.75) is 134 Å². The third-order valence-corrected chi connectivity index (χ3v) is 8.08. The Bertz CT molecular complexity index is 861. The Hall–Kier alpha value is -1.76. The second kappa shape index (κ2) is 21.9. The topological polar surface area (TPSA) is 57.2 Å². The summed E-state index contributed by atoms with van der Waals surface area (Å²) in [6, 6.07) is 20.2. The molecule has 1 fully saturated rings. The van der Waals surface area contributed by atoms with Crippen LogP contribution in [0.25, 0.3) is 0 Å². The molecule has 2 aromatic rings. The summed E-state index contributed by atoms with van der Waals surface area (Å²) in [5.41, 5.74) is 2.19. The molecule has 5 nitrogen and oxygen atoms in total. The van der Waals surface area contributed by atoms with Crippen LogP contribution in [0.2, 0.25) is 0 Å². The fraction of sp³-hybridized carbons (Fsp3) is 0.667. The lowest BCUT2D eigenvalue weighted by Crippen LogP contribution is -2.39. The van der Waals surface area contributed by atoms with Gasteiger partial charge < -0.3 is 24.1 Å². The van der Waals surface area contributed by atoms with Crippen LogP contribution in [-0.2, 0) is 32.2 Å². The second-order valence-electron chi connectivity index (χ2n) is 11.6. The van der Waals surface area contributed by atoms with Crippen molar-refractivity contribution in [2.24, 2.45) is 0 Å². The number of hydrogen-bond donors (Lipinski definition) is 1. The Morgan fingerprint density at radius 3 is 1.49 bits per heavy atom. The Labute approximate surface area is 249 Å². The third-order valence-electron chi connectivity index (χ3n) is 8.08. The highest BCUT2D eigenvalue weighted by molar-refractivity contribution is 5.14. The molecule has 0 aromatic heterocycles. The molecule has 0 saturated carbocycles. The van der Waals surface area contributed by atoms with Crippen LogP contribution in [0.5, 0.6) is 0 Å². The van der Waals surface area contributed by atoms with Crippen LogP contribution in [0.3, 0.4) is 0 Å². The van der Waals surface area contributed by atoms with E-state index in [1.165, 1.54) is 83.5 Å². The minimum absolute atomic E-state index is 0.111. The van der Waals surface area contributed by atoms with Gasteiger partial charge in [0.05, 0.1) is 26.4 Å². The highest BCUT2D eigenvalue weighted by atomic mass is 16.6. The highest BCUT2D eigenvalue weighted by Crippen LogP contribution is 2.29. The first-order valence-electron chi connectivity index (χ1n) is 16.5. The molecule has 2 aromatic carbocycles. The lowest BCUT2D eigenvalue weighted by atomic mass is 10.0. The monoisotopic (exact) mass is 568 g/mol. The van der Waals surface area contributed by atoms with Crippen LogP contribution < -0.4 is 0 Å². The number of aliphatic hydroxyl groups is 1. The molecule has 5 heteroatoms. The molecule has 0 unspecified atom stereocenters. The largest absolute Gasteiger partial charge is 0.394 e. The van der Waals surface area contributed by atoms with Crippen molar-refractivity contribution in [1.29, 1.82) is 0 Å². The van der Waals surface area contributed by atoms with Crippen LogP contribution in [-0.4, -0.2) is 49.3 Å². The zero-order valence-corrected chi connectivity index (χ0v) is 25.6. The summed E-state index contributed by atoms with van der Waals surface area (Å²) in [5, 5.41) is 10.1. The molecule has 0 bridgehead atoms. The van der Waals surface area contributed by atoms with E-state index >= 15 is 0 Å². The number of unbranched alkanes of at least 4 members (excludes halogenated alkanes) is 13. The summed E-state index contributed by atoms with van der Waals surface area (Å²) >= 11 is 0. The van der Waals surface area contributed by atoms with Crippen molar-refractivity contribution >= 4 is 0 Å². The van der Waals surface area contributed by atoms with E-state index in [1.807, 2.05) is 48.5 Å². The van der Waals surface area contributed by atoms with Gasteiger partial charge in [0, 0.05) is 6.61 Å². The summed E-state index contributed by atoms with van der Waals surface area (Å²) in [7, 11) is 0. The van der Waals surface area contributed by atoms with Gasteiger partial charge >= 0.3 is 0 Å². The normalized spacial score (nSPS) is 20.5. The number of benzene rings is 2. The molecule has 1 heterocycles. The lowest BCUT2D eigenvalue weighted by Gasteiger charge is -2.25. The highest BCUT2D eigenvalue weighted by Gasteiger charge is 2.46. The maximum absolute atomic E-state index is 10.1. The van der Waals surface area contributed by atoms with Crippen molar-refractivity contribution in [2.75, 3.05) is 19.8 Å². The summed E-state index contributed by atoms with van der Waals surface area (Å²) in [6.07, 6.45) is 17.5. The molecule has 0 amide bonds. The fourth-order valence-corrected chi connectivity index (χ4v) is 5.62. The van der Waals surface area contributed by atoms with Crippen LogP contribution in [0, 0.1) is 0 Å². The van der Waals surface area contributed by atoms with Crippen molar-refractivity contribution < 1.29 is 24.1 Å². The molecular weight excluding hydrogens is 512 g/mol. The van der Waals surface area contributed by atoms with Gasteiger partial charge in [-0.2, -0.15) is 0 Å². The molecule has 0 aliphatic carbocycles. The minimum atomic E-state index is -0.436. The first-order chi connectivity index (χ1) is 20.3. The summed E-state index contributed by atoms with van der Waals surface area (Å²) in [4.78, 5) is 0. The van der Waals surface area contributed by atoms with Gasteiger partial charge in [0.25, 0.3) is 0 Å². The fourth-order valence-electron chi connectivity index (χ4n) is 5.62. The van der Waals surface area contributed by atoms with Gasteiger partial charge in [-0.3, -0.25) is 0 Å². The zero-order valence-electron chi connectivity index (χ0n) is 25.6. The first-order valence-corrected chi connectivity index (χ1v) is 16.5. The van der Waals surface area contributed by atoms with Gasteiger partial charge in [-0.15, -0.1) is 0 Å². The number of rotatable bonds is 24. The van der Waals surface area contributed by atoms with E-state index in [1.54, 1.807) is 0 Å². The molecule has 0 spiro atoms. The molecule has 3 rings (SSSR count). The zero-order chi connectivity index (χ0) is 28.8. The van der Waals surface area contributed by atoms with E-state index < -0.39 is 6.10 Å². The Morgan fingerprint density at radius 2 is 1.02 bits per heavy atom. The SMILES string of the molecule is CCCCCCCCCCCCCCCCOC[C@H]1O[C@H](CO)[C@@H](OCc2ccccc2)[C@@H]1OCc1ccccc1. The van der Waals surface area contributed by atoms with Crippen LogP contribution >= 0.6 is 0 Å². The summed E-state index contributed by atoms with van der Waals surface area (Å²) < 4.78 is 24.9. The quantitative estimate of drug-likeness (QED) is 0.129. The Balaban J connectivity index is 1.32. The van der Waals surface area contributed by atoms with Gasteiger partial charge in [-0.1, -0.05) is 151 Å². The minimum Gasteiger partial charge on any atom is -0.394 e. The van der Waals surface area contributed by atoms with Gasteiger partial charge in [0.1, 0.15) is 24.4 Å². The lowest BCUT2D eigenvalue weighted by molar-refractivity contribution is -0.0892. The molecule has 1 saturated heterocycles. The van der Waals surface area contributed by atoms with Crippen molar-refractivity contribution in [1.82, 2.24) is 0 Å². The summed E-state index contributed by atoms with van der Waals surface area (Å²) in [5.74, 6) is 0. The van der Waals surface area contributed by atoms with Crippen LogP contribution in [0.1, 0.15) is 108 Å². The second-order valence-corrected chi connectivity index (χ2v) is 11.6. The van der Waals surface area contributed by atoms with Crippen molar-refractivity contribution in [3.05, 3.63) is 71.8 Å². The Kier molecular flexibility index (Phi) is 18.0. The predicted octanol–water partition coefficient (Wildman–Crippen LogP) is 8.41. The molecule has 1 aliphatic rings. The van der Waals surface area contributed by atoms with Crippen LogP contribution in [0.15, 0.2) is 60.7 Å².